The molecule has 0 radical (unpaired) electrons. The second-order valence-electron chi connectivity index (χ2n) is 5.01. The van der Waals surface area contributed by atoms with Gasteiger partial charge in [-0.05, 0) is 19.1 Å². The molecule has 4 heteroatoms. The third-order valence-electron chi connectivity index (χ3n) is 3.60. The Bertz CT molecular complexity index is 555. The lowest BCUT2D eigenvalue weighted by molar-refractivity contribution is 0.231. The fraction of sp³-hybridized carbons (Fsp3) is 0.429. The van der Waals surface area contributed by atoms with Gasteiger partial charge >= 0.3 is 0 Å². The second-order valence-corrected chi connectivity index (χ2v) is 5.01. The van der Waals surface area contributed by atoms with Crippen LogP contribution in [0.25, 0.3) is 10.9 Å². The summed E-state index contributed by atoms with van der Waals surface area (Å²) in [5.74, 6) is 0.426. The number of aromatic hydroxyl groups is 1. The Labute approximate surface area is 107 Å². The number of aromatic amines is 1. The molecule has 18 heavy (non-hydrogen) atoms. The molecule has 0 saturated carbocycles. The predicted octanol–water partition coefficient (Wildman–Crippen LogP) is 1.59. The van der Waals surface area contributed by atoms with Gasteiger partial charge in [-0.3, -0.25) is 4.90 Å². The number of aryl methyl sites for hydroxylation is 1. The van der Waals surface area contributed by atoms with Gasteiger partial charge in [0.25, 0.3) is 0 Å². The zero-order chi connectivity index (χ0) is 12.5. The lowest BCUT2D eigenvalue weighted by atomic mass is 10.1. The zero-order valence-electron chi connectivity index (χ0n) is 10.7. The summed E-state index contributed by atoms with van der Waals surface area (Å²) < 4.78 is 0. The van der Waals surface area contributed by atoms with E-state index in [2.05, 4.69) is 21.3 Å². The summed E-state index contributed by atoms with van der Waals surface area (Å²) in [6.45, 7) is 6.99. The number of phenolic OH excluding ortho intramolecular Hbond substituents is 1. The van der Waals surface area contributed by atoms with E-state index in [0.29, 0.717) is 5.75 Å². The highest BCUT2D eigenvalue weighted by Gasteiger charge is 2.14. The molecule has 2 heterocycles. The van der Waals surface area contributed by atoms with Gasteiger partial charge < -0.3 is 15.4 Å². The molecule has 0 spiro atoms. The standard InChI is InChI=1S/C14H19N3O/c1-10-8-12-13(16-10)3-2-11(14(12)18)9-17-6-4-15-5-7-17/h2-3,8,15-16,18H,4-7,9H2,1H3. The van der Waals surface area contributed by atoms with Gasteiger partial charge in [0.2, 0.25) is 0 Å². The van der Waals surface area contributed by atoms with Crippen LogP contribution >= 0.6 is 0 Å². The van der Waals surface area contributed by atoms with E-state index in [9.17, 15) is 5.11 Å². The highest BCUT2D eigenvalue weighted by atomic mass is 16.3. The average molecular weight is 245 g/mol. The molecule has 3 N–H and O–H groups in total. The molecule has 1 fully saturated rings. The molecule has 1 saturated heterocycles. The van der Waals surface area contributed by atoms with Crippen LogP contribution in [0.1, 0.15) is 11.3 Å². The van der Waals surface area contributed by atoms with Crippen molar-refractivity contribution in [3.8, 4) is 5.75 Å². The van der Waals surface area contributed by atoms with E-state index in [1.807, 2.05) is 19.1 Å². The minimum atomic E-state index is 0.426. The molecular weight excluding hydrogens is 226 g/mol. The number of nitrogens with zero attached hydrogens (tertiary/aromatic N) is 1. The van der Waals surface area contributed by atoms with E-state index >= 15 is 0 Å². The molecule has 0 atom stereocenters. The van der Waals surface area contributed by atoms with E-state index in [1.54, 1.807) is 0 Å². The van der Waals surface area contributed by atoms with Gasteiger partial charge in [-0.1, -0.05) is 6.07 Å². The Morgan fingerprint density at radius 2 is 2.06 bits per heavy atom. The lowest BCUT2D eigenvalue weighted by Gasteiger charge is -2.27. The molecule has 1 aromatic heterocycles. The van der Waals surface area contributed by atoms with Gasteiger partial charge in [0.05, 0.1) is 0 Å². The Kier molecular flexibility index (Phi) is 2.97. The Morgan fingerprint density at radius 1 is 1.28 bits per heavy atom. The quantitative estimate of drug-likeness (QED) is 0.753. The van der Waals surface area contributed by atoms with Gasteiger partial charge in [-0.15, -0.1) is 0 Å². The maximum atomic E-state index is 10.3. The number of hydrogen-bond donors (Lipinski definition) is 3. The van der Waals surface area contributed by atoms with Crippen LogP contribution in [0.2, 0.25) is 0 Å². The number of piperazine rings is 1. The van der Waals surface area contributed by atoms with Crippen molar-refractivity contribution in [1.29, 1.82) is 0 Å². The number of H-pyrrole nitrogens is 1. The van der Waals surface area contributed by atoms with Gasteiger partial charge in [-0.25, -0.2) is 0 Å². The Balaban J connectivity index is 1.89. The number of fused-ring (bicyclic) bond motifs is 1. The number of phenols is 1. The van der Waals surface area contributed by atoms with Crippen LogP contribution in [-0.2, 0) is 6.54 Å². The van der Waals surface area contributed by atoms with Gasteiger partial charge in [0, 0.05) is 54.9 Å². The Morgan fingerprint density at radius 3 is 2.83 bits per heavy atom. The minimum absolute atomic E-state index is 0.426. The first-order chi connectivity index (χ1) is 8.74. The lowest BCUT2D eigenvalue weighted by Crippen LogP contribution is -2.42. The van der Waals surface area contributed by atoms with E-state index in [1.165, 1.54) is 0 Å². The topological polar surface area (TPSA) is 51.3 Å². The summed E-state index contributed by atoms with van der Waals surface area (Å²) in [6, 6.07) is 6.08. The molecule has 2 aromatic rings. The second kappa shape index (κ2) is 4.63. The van der Waals surface area contributed by atoms with Gasteiger partial charge in [0.15, 0.2) is 0 Å². The molecule has 0 aliphatic carbocycles. The fourth-order valence-electron chi connectivity index (χ4n) is 2.61. The molecule has 4 nitrogen and oxygen atoms in total. The molecule has 0 bridgehead atoms. The maximum Gasteiger partial charge on any atom is 0.129 e. The summed E-state index contributed by atoms with van der Waals surface area (Å²) in [7, 11) is 0. The van der Waals surface area contributed by atoms with Crippen molar-refractivity contribution in [3.05, 3.63) is 29.5 Å². The van der Waals surface area contributed by atoms with Crippen molar-refractivity contribution in [2.45, 2.75) is 13.5 Å². The third-order valence-corrected chi connectivity index (χ3v) is 3.60. The van der Waals surface area contributed by atoms with Crippen LogP contribution in [0, 0.1) is 6.92 Å². The monoisotopic (exact) mass is 245 g/mol. The molecule has 0 amide bonds. The smallest absolute Gasteiger partial charge is 0.129 e. The third kappa shape index (κ3) is 2.09. The van der Waals surface area contributed by atoms with E-state index < -0.39 is 0 Å². The molecule has 1 aliphatic heterocycles. The molecule has 96 valence electrons. The molecular formula is C14H19N3O. The largest absolute Gasteiger partial charge is 0.507 e. The van der Waals surface area contributed by atoms with Crippen molar-refractivity contribution in [3.63, 3.8) is 0 Å². The van der Waals surface area contributed by atoms with Crippen LogP contribution in [0.4, 0.5) is 0 Å². The van der Waals surface area contributed by atoms with Crippen LogP contribution < -0.4 is 5.32 Å². The zero-order valence-corrected chi connectivity index (χ0v) is 10.7. The molecule has 0 unspecified atom stereocenters. The summed E-state index contributed by atoms with van der Waals surface area (Å²) in [6.07, 6.45) is 0. The number of aromatic nitrogens is 1. The normalized spacial score (nSPS) is 17.4. The maximum absolute atomic E-state index is 10.3. The Hall–Kier alpha value is -1.52. The minimum Gasteiger partial charge on any atom is -0.507 e. The number of rotatable bonds is 2. The van der Waals surface area contributed by atoms with Crippen LogP contribution in [0.5, 0.6) is 5.75 Å². The summed E-state index contributed by atoms with van der Waals surface area (Å²) in [4.78, 5) is 5.62. The van der Waals surface area contributed by atoms with Crippen molar-refractivity contribution >= 4 is 10.9 Å². The SMILES string of the molecule is Cc1cc2c(O)c(CN3CCNCC3)ccc2[nH]1. The van der Waals surface area contributed by atoms with E-state index in [4.69, 9.17) is 0 Å². The van der Waals surface area contributed by atoms with Gasteiger partial charge in [0.1, 0.15) is 5.75 Å². The van der Waals surface area contributed by atoms with Crippen molar-refractivity contribution in [1.82, 2.24) is 15.2 Å². The molecule has 3 rings (SSSR count). The van der Waals surface area contributed by atoms with Crippen molar-refractivity contribution in [2.75, 3.05) is 26.2 Å². The summed E-state index contributed by atoms with van der Waals surface area (Å²) in [5.41, 5.74) is 3.11. The fourth-order valence-corrected chi connectivity index (χ4v) is 2.61. The average Bonchev–Trinajstić information content (AvgIpc) is 2.76. The summed E-state index contributed by atoms with van der Waals surface area (Å²) >= 11 is 0. The van der Waals surface area contributed by atoms with Crippen LogP contribution in [0.3, 0.4) is 0 Å². The van der Waals surface area contributed by atoms with Crippen LogP contribution in [-0.4, -0.2) is 41.2 Å². The highest BCUT2D eigenvalue weighted by molar-refractivity contribution is 5.87. The predicted molar refractivity (Wildman–Crippen MR) is 72.8 cm³/mol. The van der Waals surface area contributed by atoms with Gasteiger partial charge in [-0.2, -0.15) is 0 Å². The number of benzene rings is 1. The van der Waals surface area contributed by atoms with E-state index in [0.717, 1.165) is 54.9 Å². The van der Waals surface area contributed by atoms with Crippen LogP contribution in [0.15, 0.2) is 18.2 Å². The first kappa shape index (κ1) is 11.6. The number of hydrogen-bond acceptors (Lipinski definition) is 3. The van der Waals surface area contributed by atoms with Crippen molar-refractivity contribution < 1.29 is 5.11 Å². The summed E-state index contributed by atoms with van der Waals surface area (Å²) in [5, 5.41) is 14.6. The van der Waals surface area contributed by atoms with Crippen molar-refractivity contribution in [2.24, 2.45) is 0 Å². The van der Waals surface area contributed by atoms with E-state index in [-0.39, 0.29) is 0 Å². The number of nitrogens with one attached hydrogen (secondary N) is 2. The highest BCUT2D eigenvalue weighted by Crippen LogP contribution is 2.30. The first-order valence-corrected chi connectivity index (χ1v) is 6.47. The first-order valence-electron chi connectivity index (χ1n) is 6.47. The molecule has 1 aliphatic rings. The molecule has 1 aromatic carbocycles.